The van der Waals surface area contributed by atoms with Crippen LogP contribution in [0.1, 0.15) is 32.1 Å². The van der Waals surface area contributed by atoms with Gasteiger partial charge in [0.15, 0.2) is 0 Å². The lowest BCUT2D eigenvalue weighted by Crippen LogP contribution is -2.13. The summed E-state index contributed by atoms with van der Waals surface area (Å²) in [6.45, 7) is 0.992. The Morgan fingerprint density at radius 1 is 1.38 bits per heavy atom. The molecule has 13 heavy (non-hydrogen) atoms. The predicted octanol–water partition coefficient (Wildman–Crippen LogP) is 2.51. The molecule has 72 valence electrons. The van der Waals surface area contributed by atoms with Crippen molar-refractivity contribution in [1.82, 2.24) is 14.8 Å². The molecule has 1 aliphatic carbocycles. The van der Waals surface area contributed by atoms with Gasteiger partial charge in [0.2, 0.25) is 5.28 Å². The fourth-order valence-electron chi connectivity index (χ4n) is 2.01. The minimum absolute atomic E-state index is 0.519. The van der Waals surface area contributed by atoms with E-state index in [-0.39, 0.29) is 0 Å². The maximum absolute atomic E-state index is 5.85. The third-order valence-corrected chi connectivity index (χ3v) is 3.04. The van der Waals surface area contributed by atoms with Crippen LogP contribution in [0.25, 0.3) is 0 Å². The van der Waals surface area contributed by atoms with E-state index < -0.39 is 0 Å². The molecule has 3 nitrogen and oxygen atoms in total. The summed E-state index contributed by atoms with van der Waals surface area (Å²) in [5.74, 6) is 0.780. The summed E-state index contributed by atoms with van der Waals surface area (Å²) in [6.07, 6.45) is 8.50. The topological polar surface area (TPSA) is 30.7 Å². The van der Waals surface area contributed by atoms with Gasteiger partial charge in [-0.1, -0.05) is 19.3 Å². The SMILES string of the molecule is Clc1nncn1CC1CCCCC1. The van der Waals surface area contributed by atoms with Gasteiger partial charge in [-0.3, -0.25) is 0 Å². The van der Waals surface area contributed by atoms with Gasteiger partial charge in [-0.05, 0) is 30.4 Å². The van der Waals surface area contributed by atoms with Gasteiger partial charge in [0.1, 0.15) is 6.33 Å². The number of nitrogens with zero attached hydrogens (tertiary/aromatic N) is 3. The lowest BCUT2D eigenvalue weighted by atomic mass is 9.89. The van der Waals surface area contributed by atoms with Crippen molar-refractivity contribution in [2.24, 2.45) is 5.92 Å². The molecule has 2 rings (SSSR count). The Labute approximate surface area is 83.1 Å². The summed E-state index contributed by atoms with van der Waals surface area (Å²) in [7, 11) is 0. The minimum atomic E-state index is 0.519. The second-order valence-electron chi connectivity index (χ2n) is 3.76. The molecule has 1 heterocycles. The molecule has 0 unspecified atom stereocenters. The lowest BCUT2D eigenvalue weighted by molar-refractivity contribution is 0.319. The smallest absolute Gasteiger partial charge is 0.224 e. The van der Waals surface area contributed by atoms with Crippen LogP contribution in [0.3, 0.4) is 0 Å². The Balaban J connectivity index is 1.93. The standard InChI is InChI=1S/C9H14ClN3/c10-9-12-11-7-13(9)6-8-4-2-1-3-5-8/h7-8H,1-6H2. The molecule has 1 saturated carbocycles. The molecule has 1 aromatic heterocycles. The Kier molecular flexibility index (Phi) is 2.83. The quantitative estimate of drug-likeness (QED) is 0.733. The molecule has 0 amide bonds. The monoisotopic (exact) mass is 199 g/mol. The Hall–Kier alpha value is -0.570. The van der Waals surface area contributed by atoms with Gasteiger partial charge in [0, 0.05) is 6.54 Å². The molecular formula is C9H14ClN3. The fourth-order valence-corrected chi connectivity index (χ4v) is 2.17. The van der Waals surface area contributed by atoms with Crippen LogP contribution in [0, 0.1) is 5.92 Å². The van der Waals surface area contributed by atoms with Crippen LogP contribution in [0.15, 0.2) is 6.33 Å². The van der Waals surface area contributed by atoms with E-state index in [0.717, 1.165) is 12.5 Å². The molecule has 0 aliphatic heterocycles. The number of rotatable bonds is 2. The van der Waals surface area contributed by atoms with E-state index in [1.807, 2.05) is 4.57 Å². The molecule has 0 N–H and O–H groups in total. The van der Waals surface area contributed by atoms with E-state index in [9.17, 15) is 0 Å². The predicted molar refractivity (Wildman–Crippen MR) is 51.6 cm³/mol. The highest BCUT2D eigenvalue weighted by Gasteiger charge is 2.14. The van der Waals surface area contributed by atoms with Crippen LogP contribution in [0.4, 0.5) is 0 Å². The first-order chi connectivity index (χ1) is 6.36. The van der Waals surface area contributed by atoms with Gasteiger partial charge < -0.3 is 4.57 Å². The van der Waals surface area contributed by atoms with Gasteiger partial charge in [0.05, 0.1) is 0 Å². The fraction of sp³-hybridized carbons (Fsp3) is 0.778. The van der Waals surface area contributed by atoms with Crippen LogP contribution in [-0.2, 0) is 6.54 Å². The van der Waals surface area contributed by atoms with Crippen LogP contribution in [0.5, 0.6) is 0 Å². The summed E-state index contributed by atoms with van der Waals surface area (Å²) < 4.78 is 1.94. The zero-order valence-corrected chi connectivity index (χ0v) is 8.37. The van der Waals surface area contributed by atoms with Crippen LogP contribution >= 0.6 is 11.6 Å². The molecule has 0 aromatic carbocycles. The van der Waals surface area contributed by atoms with Crippen molar-refractivity contribution in [3.63, 3.8) is 0 Å². The third kappa shape index (κ3) is 2.21. The Bertz CT molecular complexity index is 266. The Morgan fingerprint density at radius 2 is 2.15 bits per heavy atom. The molecule has 1 fully saturated rings. The van der Waals surface area contributed by atoms with Crippen molar-refractivity contribution >= 4 is 11.6 Å². The molecule has 0 bridgehead atoms. The summed E-state index contributed by atoms with van der Waals surface area (Å²) in [5, 5.41) is 8.05. The summed E-state index contributed by atoms with van der Waals surface area (Å²) >= 11 is 5.85. The summed E-state index contributed by atoms with van der Waals surface area (Å²) in [5.41, 5.74) is 0. The molecule has 0 atom stereocenters. The average Bonchev–Trinajstić information content (AvgIpc) is 2.54. The van der Waals surface area contributed by atoms with E-state index in [2.05, 4.69) is 10.2 Å². The maximum atomic E-state index is 5.85. The van der Waals surface area contributed by atoms with Crippen molar-refractivity contribution < 1.29 is 0 Å². The molecule has 0 saturated heterocycles. The van der Waals surface area contributed by atoms with E-state index in [1.54, 1.807) is 6.33 Å². The van der Waals surface area contributed by atoms with Gasteiger partial charge >= 0.3 is 0 Å². The second-order valence-corrected chi connectivity index (χ2v) is 4.09. The van der Waals surface area contributed by atoms with Crippen molar-refractivity contribution in [1.29, 1.82) is 0 Å². The van der Waals surface area contributed by atoms with Crippen molar-refractivity contribution in [2.75, 3.05) is 0 Å². The van der Waals surface area contributed by atoms with Crippen LogP contribution < -0.4 is 0 Å². The molecule has 4 heteroatoms. The first-order valence-electron chi connectivity index (χ1n) is 4.89. The molecular weight excluding hydrogens is 186 g/mol. The van der Waals surface area contributed by atoms with Crippen molar-refractivity contribution in [2.45, 2.75) is 38.6 Å². The maximum Gasteiger partial charge on any atom is 0.224 e. The second kappa shape index (κ2) is 4.09. The highest BCUT2D eigenvalue weighted by Crippen LogP contribution is 2.25. The summed E-state index contributed by atoms with van der Waals surface area (Å²) in [6, 6.07) is 0. The zero-order valence-electron chi connectivity index (χ0n) is 7.62. The number of hydrogen-bond donors (Lipinski definition) is 0. The highest BCUT2D eigenvalue weighted by atomic mass is 35.5. The molecule has 0 spiro atoms. The minimum Gasteiger partial charge on any atom is -0.304 e. The van der Waals surface area contributed by atoms with E-state index in [0.29, 0.717) is 5.28 Å². The van der Waals surface area contributed by atoms with E-state index in [4.69, 9.17) is 11.6 Å². The average molecular weight is 200 g/mol. The zero-order chi connectivity index (χ0) is 9.10. The Morgan fingerprint density at radius 3 is 2.77 bits per heavy atom. The third-order valence-electron chi connectivity index (χ3n) is 2.75. The highest BCUT2D eigenvalue weighted by molar-refractivity contribution is 6.28. The molecule has 1 aliphatic rings. The normalized spacial score (nSPS) is 19.2. The number of halogens is 1. The molecule has 0 radical (unpaired) electrons. The van der Waals surface area contributed by atoms with Crippen LogP contribution in [-0.4, -0.2) is 14.8 Å². The van der Waals surface area contributed by atoms with Crippen LogP contribution in [0.2, 0.25) is 5.28 Å². The van der Waals surface area contributed by atoms with Gasteiger partial charge in [-0.15, -0.1) is 10.2 Å². The summed E-state index contributed by atoms with van der Waals surface area (Å²) in [4.78, 5) is 0. The first kappa shape index (κ1) is 9.00. The van der Waals surface area contributed by atoms with Crippen molar-refractivity contribution in [3.05, 3.63) is 11.6 Å². The first-order valence-corrected chi connectivity index (χ1v) is 5.27. The number of hydrogen-bond acceptors (Lipinski definition) is 2. The van der Waals surface area contributed by atoms with Gasteiger partial charge in [0.25, 0.3) is 0 Å². The number of aromatic nitrogens is 3. The largest absolute Gasteiger partial charge is 0.304 e. The van der Waals surface area contributed by atoms with E-state index in [1.165, 1.54) is 32.1 Å². The molecule has 1 aromatic rings. The van der Waals surface area contributed by atoms with Gasteiger partial charge in [-0.25, -0.2) is 0 Å². The van der Waals surface area contributed by atoms with Crippen molar-refractivity contribution in [3.8, 4) is 0 Å². The lowest BCUT2D eigenvalue weighted by Gasteiger charge is -2.21. The van der Waals surface area contributed by atoms with Gasteiger partial charge in [-0.2, -0.15) is 0 Å². The van der Waals surface area contributed by atoms with E-state index >= 15 is 0 Å².